The van der Waals surface area contributed by atoms with Gasteiger partial charge < -0.3 is 30.3 Å². The van der Waals surface area contributed by atoms with Crippen LogP contribution in [0.4, 0.5) is 5.69 Å². The van der Waals surface area contributed by atoms with Crippen molar-refractivity contribution < 1.29 is 34.1 Å². The van der Waals surface area contributed by atoms with Crippen LogP contribution in [0.1, 0.15) is 68.9 Å². The third-order valence-electron chi connectivity index (χ3n) is 7.79. The number of anilines is 1. The molecule has 0 aromatic heterocycles. The predicted octanol–water partition coefficient (Wildman–Crippen LogP) is 7.02. The van der Waals surface area contributed by atoms with Gasteiger partial charge in [-0.1, -0.05) is 92.2 Å². The molecule has 0 aliphatic carbocycles. The largest absolute Gasteiger partial charge is 0.480 e. The molecule has 0 bridgehead atoms. The van der Waals surface area contributed by atoms with Crippen LogP contribution in [0.3, 0.4) is 0 Å². The predicted molar refractivity (Wildman–Crippen MR) is 182 cm³/mol. The molecule has 0 saturated heterocycles. The number of fused-ring (bicyclic) bond motifs is 1. The molecule has 3 rings (SSSR count). The Kier molecular flexibility index (Phi) is 16.4. The minimum atomic E-state index is -1.73. The maximum absolute atomic E-state index is 13.0. The molecule has 0 radical (unpaired) electrons. The summed E-state index contributed by atoms with van der Waals surface area (Å²) in [6, 6.07) is 20.8. The maximum Gasteiger partial charge on any atom is 0.336 e. The quantitative estimate of drug-likeness (QED) is 0.0802. The lowest BCUT2D eigenvalue weighted by atomic mass is 10.0. The van der Waals surface area contributed by atoms with Gasteiger partial charge in [0.05, 0.1) is 0 Å². The highest BCUT2D eigenvalue weighted by Crippen LogP contribution is 2.20. The minimum Gasteiger partial charge on any atom is -0.480 e. The first-order valence-electron chi connectivity index (χ1n) is 16.2. The fourth-order valence-corrected chi connectivity index (χ4v) is 5.35. The van der Waals surface area contributed by atoms with Crippen molar-refractivity contribution in [3.63, 3.8) is 0 Å². The number of hydrogen-bond acceptors (Lipinski definition) is 6. The van der Waals surface area contributed by atoms with Crippen molar-refractivity contribution in [2.45, 2.75) is 83.3 Å². The Hall–Kier alpha value is -3.66. The number of ether oxygens (including phenoxy) is 2. The number of aliphatic carboxylic acids is 2. The summed E-state index contributed by atoms with van der Waals surface area (Å²) in [6.07, 6.45) is 5.95. The Morgan fingerprint density at radius 1 is 0.761 bits per heavy atom. The molecule has 2 atom stereocenters. The number of nitrogens with one attached hydrogen (secondary N) is 2. The number of carbonyl (C=O) groups is 3. The Morgan fingerprint density at radius 2 is 1.46 bits per heavy atom. The van der Waals surface area contributed by atoms with E-state index < -0.39 is 36.7 Å². The van der Waals surface area contributed by atoms with Gasteiger partial charge in [0, 0.05) is 30.4 Å². The van der Waals surface area contributed by atoms with Crippen molar-refractivity contribution in [3.8, 4) is 0 Å². The van der Waals surface area contributed by atoms with Gasteiger partial charge >= 0.3 is 11.9 Å². The monoisotopic (exact) mass is 654 g/mol. The lowest BCUT2D eigenvalue weighted by Gasteiger charge is -2.23. The standard InChI is InChI=1S/C36H47ClN2O7/c1-26-16-19-30(24-31(26)37)38-20-10-5-6-12-22-45-33(34(36(43)44)46-25-32(40)41)35(42)39-21-11-4-2-3-7-13-27-17-18-28-14-8-9-15-29(28)23-27/h8-9,14-19,23-24,33-34,38H,2-7,10-13,20-22,25H2,1H3,(H,39,42)(H,40,41)(H,43,44). The van der Waals surface area contributed by atoms with Crippen molar-refractivity contribution in [1.29, 1.82) is 0 Å². The summed E-state index contributed by atoms with van der Waals surface area (Å²) in [7, 11) is 0. The molecule has 0 saturated carbocycles. The van der Waals surface area contributed by atoms with Crippen LogP contribution in [0, 0.1) is 6.92 Å². The average molecular weight is 655 g/mol. The molecular formula is C36H47ClN2O7. The van der Waals surface area contributed by atoms with E-state index in [1.807, 2.05) is 31.2 Å². The number of carbonyl (C=O) groups excluding carboxylic acids is 1. The highest BCUT2D eigenvalue weighted by Gasteiger charge is 2.36. The number of aryl methyl sites for hydroxylation is 2. The zero-order valence-electron chi connectivity index (χ0n) is 26.6. The highest BCUT2D eigenvalue weighted by atomic mass is 35.5. The molecule has 9 nitrogen and oxygen atoms in total. The highest BCUT2D eigenvalue weighted by molar-refractivity contribution is 6.31. The van der Waals surface area contributed by atoms with E-state index in [9.17, 15) is 19.5 Å². The number of benzene rings is 3. The number of hydrogen-bond donors (Lipinski definition) is 4. The van der Waals surface area contributed by atoms with E-state index in [0.717, 1.165) is 80.6 Å². The van der Waals surface area contributed by atoms with E-state index in [1.54, 1.807) is 0 Å². The van der Waals surface area contributed by atoms with Gasteiger partial charge in [0.15, 0.2) is 12.2 Å². The normalized spacial score (nSPS) is 12.5. The van der Waals surface area contributed by atoms with Gasteiger partial charge in [-0.05, 0) is 73.1 Å². The first kappa shape index (κ1) is 36.8. The molecule has 4 N–H and O–H groups in total. The molecule has 3 aromatic carbocycles. The van der Waals surface area contributed by atoms with Gasteiger partial charge in [-0.2, -0.15) is 0 Å². The summed E-state index contributed by atoms with van der Waals surface area (Å²) in [4.78, 5) is 35.8. The van der Waals surface area contributed by atoms with Crippen LogP contribution in [-0.2, 0) is 30.3 Å². The molecule has 0 aliphatic rings. The van der Waals surface area contributed by atoms with Gasteiger partial charge in [0.25, 0.3) is 5.91 Å². The van der Waals surface area contributed by atoms with E-state index >= 15 is 0 Å². The minimum absolute atomic E-state index is 0.149. The second kappa shape index (κ2) is 20.5. The summed E-state index contributed by atoms with van der Waals surface area (Å²) < 4.78 is 10.7. The Balaban J connectivity index is 1.34. The topological polar surface area (TPSA) is 134 Å². The first-order valence-corrected chi connectivity index (χ1v) is 16.6. The summed E-state index contributed by atoms with van der Waals surface area (Å²) in [5.41, 5.74) is 3.32. The average Bonchev–Trinajstić information content (AvgIpc) is 3.03. The SMILES string of the molecule is Cc1ccc(NCCCCCCOC(C(=O)NCCCCCCCc2ccc3ccccc3c2)C(OCC(=O)O)C(=O)O)cc1Cl. The Bertz CT molecular complexity index is 1400. The molecule has 0 spiro atoms. The number of carboxylic acid groups (broad SMARTS) is 2. The van der Waals surface area contributed by atoms with Crippen LogP contribution in [0.2, 0.25) is 5.02 Å². The summed E-state index contributed by atoms with van der Waals surface area (Å²) in [6.45, 7) is 2.41. The second-order valence-corrected chi connectivity index (χ2v) is 12.0. The van der Waals surface area contributed by atoms with Crippen molar-refractivity contribution in [3.05, 3.63) is 76.8 Å². The smallest absolute Gasteiger partial charge is 0.336 e. The number of rotatable bonds is 23. The number of amides is 1. The molecule has 10 heteroatoms. The molecule has 0 heterocycles. The summed E-state index contributed by atoms with van der Waals surface area (Å²) >= 11 is 6.17. The van der Waals surface area contributed by atoms with E-state index in [4.69, 9.17) is 26.2 Å². The van der Waals surface area contributed by atoms with Crippen LogP contribution in [0.5, 0.6) is 0 Å². The van der Waals surface area contributed by atoms with Crippen molar-refractivity contribution in [2.24, 2.45) is 0 Å². The van der Waals surface area contributed by atoms with Crippen LogP contribution in [0.25, 0.3) is 10.8 Å². The second-order valence-electron chi connectivity index (χ2n) is 11.6. The summed E-state index contributed by atoms with van der Waals surface area (Å²) in [5, 5.41) is 28.0. The molecule has 2 unspecified atom stereocenters. The maximum atomic E-state index is 13.0. The van der Waals surface area contributed by atoms with Gasteiger partial charge in [0.2, 0.25) is 0 Å². The van der Waals surface area contributed by atoms with E-state index in [0.29, 0.717) is 13.0 Å². The molecule has 0 aliphatic heterocycles. The molecule has 46 heavy (non-hydrogen) atoms. The number of unbranched alkanes of at least 4 members (excludes halogenated alkanes) is 7. The van der Waals surface area contributed by atoms with E-state index in [1.165, 1.54) is 16.3 Å². The summed E-state index contributed by atoms with van der Waals surface area (Å²) in [5.74, 6) is -3.39. The Morgan fingerprint density at radius 3 is 2.20 bits per heavy atom. The Labute approximate surface area is 276 Å². The lowest BCUT2D eigenvalue weighted by molar-refractivity contribution is -0.172. The fraction of sp³-hybridized carbons (Fsp3) is 0.472. The third kappa shape index (κ3) is 13.4. The molecular weight excluding hydrogens is 608 g/mol. The molecule has 3 aromatic rings. The van der Waals surface area contributed by atoms with Crippen LogP contribution in [0.15, 0.2) is 60.7 Å². The molecule has 1 amide bonds. The number of carboxylic acids is 2. The first-order chi connectivity index (χ1) is 22.2. The van der Waals surface area contributed by atoms with Crippen LogP contribution in [-0.4, -0.2) is 66.6 Å². The van der Waals surface area contributed by atoms with Crippen LogP contribution >= 0.6 is 11.6 Å². The molecule has 0 fully saturated rings. The lowest BCUT2D eigenvalue weighted by Crippen LogP contribution is -2.49. The van der Waals surface area contributed by atoms with Crippen molar-refractivity contribution in [2.75, 3.05) is 31.6 Å². The van der Waals surface area contributed by atoms with Crippen LogP contribution < -0.4 is 10.6 Å². The molecule has 250 valence electrons. The van der Waals surface area contributed by atoms with E-state index in [2.05, 4.69) is 47.0 Å². The van der Waals surface area contributed by atoms with Crippen molar-refractivity contribution in [1.82, 2.24) is 5.32 Å². The number of halogens is 1. The van der Waals surface area contributed by atoms with E-state index in [-0.39, 0.29) is 6.61 Å². The fourth-order valence-electron chi connectivity index (χ4n) is 5.17. The van der Waals surface area contributed by atoms with Gasteiger partial charge in [0.1, 0.15) is 6.61 Å². The zero-order chi connectivity index (χ0) is 33.1. The van der Waals surface area contributed by atoms with Gasteiger partial charge in [-0.25, -0.2) is 9.59 Å². The van der Waals surface area contributed by atoms with Gasteiger partial charge in [-0.15, -0.1) is 0 Å². The van der Waals surface area contributed by atoms with Crippen molar-refractivity contribution >= 4 is 45.9 Å². The zero-order valence-corrected chi connectivity index (χ0v) is 27.4. The van der Waals surface area contributed by atoms with Gasteiger partial charge in [-0.3, -0.25) is 4.79 Å². The third-order valence-corrected chi connectivity index (χ3v) is 8.20.